The van der Waals surface area contributed by atoms with Gasteiger partial charge in [0.2, 0.25) is 0 Å². The number of rotatable bonds is 5. The molecule has 0 saturated carbocycles. The molecule has 5 atom stereocenters. The maximum atomic E-state index is 11.3. The summed E-state index contributed by atoms with van der Waals surface area (Å²) in [7, 11) is 0. The number of alkyl halides is 1. The monoisotopic (exact) mass is 393 g/mol. The van der Waals surface area contributed by atoms with Gasteiger partial charge in [-0.15, -0.1) is 0 Å². The van der Waals surface area contributed by atoms with Crippen LogP contribution in [0.15, 0.2) is 5.11 Å². The van der Waals surface area contributed by atoms with E-state index in [4.69, 9.17) is 24.5 Å². The van der Waals surface area contributed by atoms with E-state index in [2.05, 4.69) is 26.0 Å². The minimum Gasteiger partial charge on any atom is -0.463 e. The Labute approximate surface area is 140 Å². The van der Waals surface area contributed by atoms with E-state index >= 15 is 0 Å². The van der Waals surface area contributed by atoms with Gasteiger partial charge in [-0.3, -0.25) is 14.4 Å². The molecule has 128 valence electrons. The van der Waals surface area contributed by atoms with E-state index in [1.165, 1.54) is 6.92 Å². The van der Waals surface area contributed by atoms with Crippen molar-refractivity contribution in [3.8, 4) is 0 Å². The second kappa shape index (κ2) is 8.70. The van der Waals surface area contributed by atoms with E-state index in [0.29, 0.717) is 0 Å². The number of azide groups is 1. The zero-order chi connectivity index (χ0) is 17.6. The molecule has 1 saturated heterocycles. The topological polar surface area (TPSA) is 137 Å². The first kappa shape index (κ1) is 19.2. The average Bonchev–Trinajstić information content (AvgIpc) is 2.42. The van der Waals surface area contributed by atoms with Crippen molar-refractivity contribution in [3.05, 3.63) is 10.4 Å². The second-order valence-electron chi connectivity index (χ2n) is 4.67. The third kappa shape index (κ3) is 5.70. The fourth-order valence-electron chi connectivity index (χ4n) is 2.05. The van der Waals surface area contributed by atoms with Crippen molar-refractivity contribution in [2.75, 3.05) is 6.61 Å². The summed E-state index contributed by atoms with van der Waals surface area (Å²) in [5.41, 5.74) is 8.66. The lowest BCUT2D eigenvalue weighted by molar-refractivity contribution is -0.208. The number of carbonyl (C=O) groups is 3. The molecule has 0 N–H and O–H groups in total. The largest absolute Gasteiger partial charge is 0.463 e. The number of carbonyl (C=O) groups excluding carboxylic acids is 3. The Morgan fingerprint density at radius 1 is 1.13 bits per heavy atom. The number of hydrogen-bond donors (Lipinski definition) is 0. The molecule has 0 radical (unpaired) electrons. The lowest BCUT2D eigenvalue weighted by atomic mass is 9.98. The highest BCUT2D eigenvalue weighted by Crippen LogP contribution is 2.31. The molecular formula is C12H16BrN3O7. The van der Waals surface area contributed by atoms with Gasteiger partial charge in [0.05, 0.1) is 0 Å². The highest BCUT2D eigenvalue weighted by molar-refractivity contribution is 9.09. The van der Waals surface area contributed by atoms with Crippen LogP contribution in [-0.4, -0.2) is 53.9 Å². The molecule has 0 amide bonds. The molecule has 0 aromatic heterocycles. The van der Waals surface area contributed by atoms with Crippen LogP contribution in [0.5, 0.6) is 0 Å². The Bertz CT molecular complexity index is 523. The number of nitrogens with zero attached hydrogens (tertiary/aromatic N) is 3. The lowest BCUT2D eigenvalue weighted by Crippen LogP contribution is -2.59. The van der Waals surface area contributed by atoms with Gasteiger partial charge in [0, 0.05) is 25.7 Å². The molecule has 1 aliphatic heterocycles. The Morgan fingerprint density at radius 2 is 1.70 bits per heavy atom. The van der Waals surface area contributed by atoms with Gasteiger partial charge in [0.15, 0.2) is 12.2 Å². The van der Waals surface area contributed by atoms with Crippen molar-refractivity contribution in [2.45, 2.75) is 50.1 Å². The van der Waals surface area contributed by atoms with Crippen molar-refractivity contribution < 1.29 is 33.3 Å². The second-order valence-corrected chi connectivity index (χ2v) is 5.57. The Balaban J connectivity index is 3.11. The smallest absolute Gasteiger partial charge is 0.303 e. The van der Waals surface area contributed by atoms with Gasteiger partial charge < -0.3 is 18.9 Å². The molecule has 1 unspecified atom stereocenters. The van der Waals surface area contributed by atoms with E-state index < -0.39 is 47.3 Å². The van der Waals surface area contributed by atoms with Crippen molar-refractivity contribution >= 4 is 33.8 Å². The van der Waals surface area contributed by atoms with Crippen molar-refractivity contribution in [2.24, 2.45) is 5.11 Å². The molecule has 1 fully saturated rings. The van der Waals surface area contributed by atoms with E-state index in [-0.39, 0.29) is 6.61 Å². The Kier molecular flexibility index (Phi) is 7.27. The normalized spacial score (nSPS) is 29.8. The molecule has 11 heteroatoms. The predicted octanol–water partition coefficient (Wildman–Crippen LogP) is 1.21. The minimum atomic E-state index is -1.10. The summed E-state index contributed by atoms with van der Waals surface area (Å²) in [6.07, 6.45) is -3.09. The SMILES string of the molecule is CC(=O)OC[C@H]1OC(Br)[C@H](N=[N+]=[N-])[C@@H](OC(C)=O)[C@@H]1OC(C)=O. The molecule has 10 nitrogen and oxygen atoms in total. The van der Waals surface area contributed by atoms with Crippen LogP contribution in [0.4, 0.5) is 0 Å². The minimum absolute atomic E-state index is 0.226. The van der Waals surface area contributed by atoms with Crippen LogP contribution in [0.1, 0.15) is 20.8 Å². The fourth-order valence-corrected chi connectivity index (χ4v) is 2.74. The summed E-state index contributed by atoms with van der Waals surface area (Å²) in [6, 6.07) is -0.971. The van der Waals surface area contributed by atoms with Crippen molar-refractivity contribution in [1.82, 2.24) is 0 Å². The van der Waals surface area contributed by atoms with Gasteiger partial charge >= 0.3 is 17.9 Å². The molecule has 1 rings (SSSR count). The molecule has 0 aliphatic carbocycles. The number of ether oxygens (including phenoxy) is 4. The van der Waals surface area contributed by atoms with Gasteiger partial charge in [-0.2, -0.15) is 0 Å². The maximum Gasteiger partial charge on any atom is 0.303 e. The summed E-state index contributed by atoms with van der Waals surface area (Å²) >= 11 is 3.17. The molecule has 23 heavy (non-hydrogen) atoms. The zero-order valence-corrected chi connectivity index (χ0v) is 14.3. The molecule has 0 bridgehead atoms. The summed E-state index contributed by atoms with van der Waals surface area (Å²) in [5.74, 6) is -1.86. The summed E-state index contributed by atoms with van der Waals surface area (Å²) in [6.45, 7) is 3.31. The molecule has 1 aliphatic rings. The highest BCUT2D eigenvalue weighted by atomic mass is 79.9. The Morgan fingerprint density at radius 3 is 2.17 bits per heavy atom. The summed E-state index contributed by atoms with van der Waals surface area (Å²) < 4.78 is 20.7. The fraction of sp³-hybridized carbons (Fsp3) is 0.750. The zero-order valence-electron chi connectivity index (χ0n) is 12.7. The molecule has 0 aromatic carbocycles. The van der Waals surface area contributed by atoms with Gasteiger partial charge in [-0.05, 0) is 5.53 Å². The number of esters is 3. The average molecular weight is 394 g/mol. The number of hydrogen-bond acceptors (Lipinski definition) is 8. The highest BCUT2D eigenvalue weighted by Gasteiger charge is 2.49. The van der Waals surface area contributed by atoms with Crippen molar-refractivity contribution in [1.29, 1.82) is 0 Å². The third-order valence-corrected chi connectivity index (χ3v) is 3.60. The summed E-state index contributed by atoms with van der Waals surface area (Å²) in [5, 5.41) is 2.69. The van der Waals surface area contributed by atoms with Crippen molar-refractivity contribution in [3.63, 3.8) is 0 Å². The van der Waals surface area contributed by atoms with E-state index in [1.807, 2.05) is 0 Å². The predicted molar refractivity (Wildman–Crippen MR) is 78.3 cm³/mol. The third-order valence-electron chi connectivity index (χ3n) is 2.84. The van der Waals surface area contributed by atoms with Crippen LogP contribution < -0.4 is 0 Å². The van der Waals surface area contributed by atoms with Crippen LogP contribution >= 0.6 is 15.9 Å². The quantitative estimate of drug-likeness (QED) is 0.171. The van der Waals surface area contributed by atoms with E-state index in [1.54, 1.807) is 0 Å². The molecule has 0 spiro atoms. The first-order valence-electron chi connectivity index (χ1n) is 6.57. The van der Waals surface area contributed by atoms with E-state index in [9.17, 15) is 14.4 Å². The number of halogens is 1. The Hall–Kier alpha value is -1.84. The lowest BCUT2D eigenvalue weighted by Gasteiger charge is -2.41. The van der Waals surface area contributed by atoms with Gasteiger partial charge in [-0.25, -0.2) is 0 Å². The first-order chi connectivity index (χ1) is 10.8. The maximum absolute atomic E-state index is 11.3. The van der Waals surface area contributed by atoms with Gasteiger partial charge in [0.25, 0.3) is 0 Å². The first-order valence-corrected chi connectivity index (χ1v) is 7.49. The van der Waals surface area contributed by atoms with Crippen LogP contribution in [0.3, 0.4) is 0 Å². The van der Waals surface area contributed by atoms with Crippen LogP contribution in [0, 0.1) is 0 Å². The molecule has 0 aromatic rings. The van der Waals surface area contributed by atoms with Crippen LogP contribution in [0.2, 0.25) is 0 Å². The van der Waals surface area contributed by atoms with E-state index in [0.717, 1.165) is 13.8 Å². The summed E-state index contributed by atoms with van der Waals surface area (Å²) in [4.78, 5) is 36.3. The van der Waals surface area contributed by atoms with Crippen LogP contribution in [0.25, 0.3) is 10.4 Å². The standard InChI is InChI=1S/C12H16BrN3O7/c1-5(17)20-4-8-10(21-6(2)18)11(22-7(3)19)9(15-16-14)12(13)23-8/h8-12H,4H2,1-3H3/t8-,9-,10-,11-,12?/m1/s1. The van der Waals surface area contributed by atoms with Gasteiger partial charge in [0.1, 0.15) is 23.8 Å². The molecule has 1 heterocycles. The molecular weight excluding hydrogens is 378 g/mol. The van der Waals surface area contributed by atoms with Crippen LogP contribution in [-0.2, 0) is 33.3 Å². The van der Waals surface area contributed by atoms with Gasteiger partial charge in [-0.1, -0.05) is 21.0 Å².